The minimum Gasteiger partial charge on any atom is -0.397 e. The number of fused-ring (bicyclic) bond motifs is 2. The molecule has 7 nitrogen and oxygen atoms in total. The van der Waals surface area contributed by atoms with E-state index < -0.39 is 32.3 Å². The van der Waals surface area contributed by atoms with Gasteiger partial charge in [-0.25, -0.2) is 0 Å². The lowest BCUT2D eigenvalue weighted by Crippen LogP contribution is -2.25. The molecule has 1 aliphatic rings. The van der Waals surface area contributed by atoms with Crippen molar-refractivity contribution in [3.63, 3.8) is 0 Å². The second-order valence-electron chi connectivity index (χ2n) is 7.63. The minimum absolute atomic E-state index is 0.0211. The van der Waals surface area contributed by atoms with E-state index in [1.807, 2.05) is 26.0 Å². The smallest absolute Gasteiger partial charge is 0.296 e. The number of nitrogen functional groups attached to an aromatic ring is 1. The van der Waals surface area contributed by atoms with Crippen molar-refractivity contribution in [2.24, 2.45) is 0 Å². The SMILES string of the molecule is CC(C)c1ccccc1Nc1cc(S(=O)(=O)O)c(N)c2c1C(=O)c1ccccc1C2=O. The van der Waals surface area contributed by atoms with E-state index in [-0.39, 0.29) is 33.9 Å². The first-order valence-electron chi connectivity index (χ1n) is 9.59. The number of nitrogens with two attached hydrogens (primary N) is 1. The van der Waals surface area contributed by atoms with Crippen LogP contribution in [0.15, 0.2) is 59.5 Å². The fourth-order valence-electron chi connectivity index (χ4n) is 3.87. The number of carbonyl (C=O) groups is 2. The van der Waals surface area contributed by atoms with Gasteiger partial charge in [0, 0.05) is 16.8 Å². The molecule has 3 aromatic rings. The van der Waals surface area contributed by atoms with E-state index in [2.05, 4.69) is 5.32 Å². The van der Waals surface area contributed by atoms with Gasteiger partial charge in [0.15, 0.2) is 11.6 Å². The lowest BCUT2D eigenvalue weighted by atomic mass is 9.82. The van der Waals surface area contributed by atoms with Crippen molar-refractivity contribution in [1.29, 1.82) is 0 Å². The summed E-state index contributed by atoms with van der Waals surface area (Å²) in [5.41, 5.74) is 7.29. The Balaban J connectivity index is 2.03. The van der Waals surface area contributed by atoms with Crippen LogP contribution in [0.1, 0.15) is 57.2 Å². The van der Waals surface area contributed by atoms with Crippen molar-refractivity contribution >= 4 is 38.7 Å². The predicted molar refractivity (Wildman–Crippen MR) is 118 cm³/mol. The maximum absolute atomic E-state index is 13.3. The summed E-state index contributed by atoms with van der Waals surface area (Å²) in [4.78, 5) is 25.9. The second-order valence-corrected chi connectivity index (χ2v) is 9.02. The summed E-state index contributed by atoms with van der Waals surface area (Å²) in [6, 6.07) is 14.7. The number of para-hydroxylation sites is 1. The summed E-state index contributed by atoms with van der Waals surface area (Å²) in [6.45, 7) is 3.99. The third kappa shape index (κ3) is 3.39. The maximum atomic E-state index is 13.3. The van der Waals surface area contributed by atoms with Crippen LogP contribution in [-0.4, -0.2) is 24.5 Å². The van der Waals surface area contributed by atoms with Crippen molar-refractivity contribution in [2.45, 2.75) is 24.7 Å². The number of rotatable bonds is 4. The summed E-state index contributed by atoms with van der Waals surface area (Å²) in [7, 11) is -4.76. The van der Waals surface area contributed by atoms with Crippen molar-refractivity contribution in [2.75, 3.05) is 11.1 Å². The number of hydrogen-bond acceptors (Lipinski definition) is 6. The summed E-state index contributed by atoms with van der Waals surface area (Å²) >= 11 is 0. The van der Waals surface area contributed by atoms with Gasteiger partial charge in [0.05, 0.1) is 22.5 Å². The van der Waals surface area contributed by atoms with Gasteiger partial charge in [-0.05, 0) is 23.6 Å². The van der Waals surface area contributed by atoms with Gasteiger partial charge < -0.3 is 11.1 Å². The van der Waals surface area contributed by atoms with Crippen LogP contribution in [0.4, 0.5) is 17.1 Å². The van der Waals surface area contributed by atoms with Crippen LogP contribution in [0.2, 0.25) is 0 Å². The Morgan fingerprint density at radius 3 is 2.00 bits per heavy atom. The van der Waals surface area contributed by atoms with Crippen molar-refractivity contribution in [1.82, 2.24) is 0 Å². The lowest BCUT2D eigenvalue weighted by Gasteiger charge is -2.24. The number of benzene rings is 3. The van der Waals surface area contributed by atoms with E-state index in [0.29, 0.717) is 5.69 Å². The van der Waals surface area contributed by atoms with Gasteiger partial charge in [-0.15, -0.1) is 0 Å². The second kappa shape index (κ2) is 7.33. The van der Waals surface area contributed by atoms with Crippen LogP contribution >= 0.6 is 0 Å². The Kier molecular flexibility index (Phi) is 4.91. The van der Waals surface area contributed by atoms with Crippen LogP contribution in [-0.2, 0) is 10.1 Å². The molecule has 1 aliphatic carbocycles. The zero-order chi connectivity index (χ0) is 22.5. The fraction of sp³-hybridized carbons (Fsp3) is 0.130. The largest absolute Gasteiger partial charge is 0.397 e. The fourth-order valence-corrected chi connectivity index (χ4v) is 4.51. The topological polar surface area (TPSA) is 127 Å². The van der Waals surface area contributed by atoms with Gasteiger partial charge in [-0.2, -0.15) is 8.42 Å². The molecule has 0 amide bonds. The van der Waals surface area contributed by atoms with E-state index in [9.17, 15) is 22.6 Å². The van der Waals surface area contributed by atoms with Crippen molar-refractivity contribution < 1.29 is 22.6 Å². The molecule has 158 valence electrons. The summed E-state index contributed by atoms with van der Waals surface area (Å²) in [6.07, 6.45) is 0. The number of hydrogen-bond donors (Lipinski definition) is 3. The molecule has 0 aliphatic heterocycles. The Morgan fingerprint density at radius 1 is 0.871 bits per heavy atom. The highest BCUT2D eigenvalue weighted by Crippen LogP contribution is 2.40. The Hall–Kier alpha value is -3.49. The molecule has 0 aromatic heterocycles. The zero-order valence-corrected chi connectivity index (χ0v) is 17.7. The highest BCUT2D eigenvalue weighted by molar-refractivity contribution is 7.86. The normalized spacial score (nSPS) is 13.2. The number of anilines is 3. The van der Waals surface area contributed by atoms with E-state index in [0.717, 1.165) is 11.6 Å². The molecule has 0 radical (unpaired) electrons. The summed E-state index contributed by atoms with van der Waals surface area (Å²) < 4.78 is 33.7. The quantitative estimate of drug-likeness (QED) is 0.324. The maximum Gasteiger partial charge on any atom is 0.296 e. The first-order chi connectivity index (χ1) is 14.6. The van der Waals surface area contributed by atoms with Crippen LogP contribution < -0.4 is 11.1 Å². The molecule has 31 heavy (non-hydrogen) atoms. The highest BCUT2D eigenvalue weighted by atomic mass is 32.2. The molecule has 0 saturated heterocycles. The average molecular weight is 436 g/mol. The van der Waals surface area contributed by atoms with Crippen LogP contribution in [0.25, 0.3) is 0 Å². The molecule has 0 bridgehead atoms. The number of ketones is 2. The molecule has 3 aromatic carbocycles. The molecule has 0 unspecified atom stereocenters. The summed E-state index contributed by atoms with van der Waals surface area (Å²) in [5.74, 6) is -0.899. The van der Waals surface area contributed by atoms with Gasteiger partial charge in [0.25, 0.3) is 10.1 Å². The minimum atomic E-state index is -4.76. The third-order valence-electron chi connectivity index (χ3n) is 5.33. The molecular weight excluding hydrogens is 416 g/mol. The molecule has 0 fully saturated rings. The molecule has 0 heterocycles. The van der Waals surface area contributed by atoms with Crippen LogP contribution in [0.3, 0.4) is 0 Å². The van der Waals surface area contributed by atoms with E-state index in [4.69, 9.17) is 5.73 Å². The van der Waals surface area contributed by atoms with E-state index in [1.165, 1.54) is 12.1 Å². The van der Waals surface area contributed by atoms with Crippen LogP contribution in [0.5, 0.6) is 0 Å². The van der Waals surface area contributed by atoms with Gasteiger partial charge >= 0.3 is 0 Å². The molecule has 0 saturated carbocycles. The Morgan fingerprint density at radius 2 is 1.42 bits per heavy atom. The molecular formula is C23H20N2O5S. The zero-order valence-electron chi connectivity index (χ0n) is 16.8. The highest BCUT2D eigenvalue weighted by Gasteiger charge is 2.36. The third-order valence-corrected chi connectivity index (χ3v) is 6.22. The van der Waals surface area contributed by atoms with E-state index >= 15 is 0 Å². The van der Waals surface area contributed by atoms with Crippen LogP contribution in [0, 0.1) is 0 Å². The Labute approximate surface area is 179 Å². The first-order valence-corrected chi connectivity index (χ1v) is 11.0. The van der Waals surface area contributed by atoms with Crippen molar-refractivity contribution in [3.05, 3.63) is 82.4 Å². The average Bonchev–Trinajstić information content (AvgIpc) is 2.72. The molecule has 8 heteroatoms. The van der Waals surface area contributed by atoms with Gasteiger partial charge in [0.1, 0.15) is 4.90 Å². The lowest BCUT2D eigenvalue weighted by molar-refractivity contribution is 0.0980. The number of nitrogens with one attached hydrogen (secondary N) is 1. The molecule has 0 atom stereocenters. The van der Waals surface area contributed by atoms with E-state index in [1.54, 1.807) is 24.3 Å². The molecule has 0 spiro atoms. The van der Waals surface area contributed by atoms with Gasteiger partial charge in [0.2, 0.25) is 0 Å². The number of carbonyl (C=O) groups excluding carboxylic acids is 2. The van der Waals surface area contributed by atoms with Gasteiger partial charge in [-0.1, -0.05) is 56.3 Å². The predicted octanol–water partition coefficient (Wildman–Crippen LogP) is 4.16. The monoisotopic (exact) mass is 436 g/mol. The van der Waals surface area contributed by atoms with Gasteiger partial charge in [-0.3, -0.25) is 14.1 Å². The first kappa shape index (κ1) is 20.8. The Bertz CT molecular complexity index is 1360. The molecule has 4 rings (SSSR count). The summed E-state index contributed by atoms with van der Waals surface area (Å²) in [5, 5.41) is 3.10. The van der Waals surface area contributed by atoms with Crippen molar-refractivity contribution in [3.8, 4) is 0 Å². The molecule has 4 N–H and O–H groups in total. The standard InChI is InChI=1S/C23H20N2O5S/c1-12(2)13-7-5-6-10-16(13)25-17-11-18(31(28,29)30)21(24)20-19(17)22(26)14-8-3-4-9-15(14)23(20)27/h3-12,25H,24H2,1-2H3,(H,28,29,30).